The number of rotatable bonds is 5. The van der Waals surface area contributed by atoms with E-state index in [4.69, 9.17) is 9.47 Å². The molecule has 26 heavy (non-hydrogen) atoms. The fourth-order valence-electron chi connectivity index (χ4n) is 2.62. The molecule has 2 aromatic carbocycles. The second-order valence-electron chi connectivity index (χ2n) is 5.77. The van der Waals surface area contributed by atoms with Crippen molar-refractivity contribution in [1.82, 2.24) is 0 Å². The van der Waals surface area contributed by atoms with Gasteiger partial charge in [-0.25, -0.2) is 9.59 Å². The summed E-state index contributed by atoms with van der Waals surface area (Å²) >= 11 is 3.86. The van der Waals surface area contributed by atoms with Crippen LogP contribution in [0.25, 0.3) is 0 Å². The summed E-state index contributed by atoms with van der Waals surface area (Å²) in [6.45, 7) is 0. The average Bonchev–Trinajstić information content (AvgIpc) is 2.72. The van der Waals surface area contributed by atoms with Crippen LogP contribution in [0, 0.1) is 0 Å². The SMILES string of the molecule is COC(=O)C(OC(=O)c1ccc(C2SCCCS2)cc1)c1ccccc1. The number of hydrogen-bond acceptors (Lipinski definition) is 6. The van der Waals surface area contributed by atoms with Crippen molar-refractivity contribution in [3.63, 3.8) is 0 Å². The number of ether oxygens (including phenoxy) is 2. The average molecular weight is 389 g/mol. The van der Waals surface area contributed by atoms with Gasteiger partial charge in [0.25, 0.3) is 0 Å². The first kappa shape index (κ1) is 18.9. The maximum atomic E-state index is 12.5. The summed E-state index contributed by atoms with van der Waals surface area (Å²) < 4.78 is 10.6. The van der Waals surface area contributed by atoms with Gasteiger partial charge in [-0.1, -0.05) is 42.5 Å². The summed E-state index contributed by atoms with van der Waals surface area (Å²) in [5.41, 5.74) is 2.20. The van der Waals surface area contributed by atoms with Gasteiger partial charge in [0.1, 0.15) is 0 Å². The van der Waals surface area contributed by atoms with Crippen LogP contribution in [0.5, 0.6) is 0 Å². The minimum Gasteiger partial charge on any atom is -0.466 e. The Morgan fingerprint density at radius 1 is 1.00 bits per heavy atom. The lowest BCUT2D eigenvalue weighted by Gasteiger charge is -2.21. The molecule has 4 nitrogen and oxygen atoms in total. The molecule has 1 heterocycles. The first-order valence-electron chi connectivity index (χ1n) is 8.36. The van der Waals surface area contributed by atoms with Gasteiger partial charge in [-0.3, -0.25) is 0 Å². The Hall–Kier alpha value is -1.92. The molecule has 0 aliphatic carbocycles. The van der Waals surface area contributed by atoms with E-state index in [9.17, 15) is 9.59 Å². The van der Waals surface area contributed by atoms with E-state index in [1.54, 1.807) is 36.4 Å². The number of carbonyl (C=O) groups is 2. The molecule has 0 bridgehead atoms. The maximum Gasteiger partial charge on any atom is 0.351 e. The zero-order valence-corrected chi connectivity index (χ0v) is 16.1. The molecule has 0 radical (unpaired) electrons. The van der Waals surface area contributed by atoms with E-state index in [1.807, 2.05) is 41.7 Å². The van der Waals surface area contributed by atoms with Crippen molar-refractivity contribution in [1.29, 1.82) is 0 Å². The highest BCUT2D eigenvalue weighted by atomic mass is 32.2. The molecule has 0 saturated carbocycles. The number of carbonyl (C=O) groups excluding carboxylic acids is 2. The molecule has 2 aromatic rings. The largest absolute Gasteiger partial charge is 0.466 e. The van der Waals surface area contributed by atoms with Crippen LogP contribution in [0.4, 0.5) is 0 Å². The van der Waals surface area contributed by atoms with Gasteiger partial charge in [-0.2, -0.15) is 0 Å². The predicted molar refractivity (Wildman–Crippen MR) is 105 cm³/mol. The van der Waals surface area contributed by atoms with E-state index >= 15 is 0 Å². The Kier molecular flexibility index (Phi) is 6.63. The third-order valence-electron chi connectivity index (χ3n) is 3.99. The molecule has 0 amide bonds. The van der Waals surface area contributed by atoms with E-state index < -0.39 is 18.0 Å². The van der Waals surface area contributed by atoms with Crippen LogP contribution in [-0.4, -0.2) is 30.6 Å². The molecule has 3 rings (SSSR count). The van der Waals surface area contributed by atoms with Crippen LogP contribution >= 0.6 is 23.5 Å². The van der Waals surface area contributed by atoms with Crippen LogP contribution in [-0.2, 0) is 14.3 Å². The minimum atomic E-state index is -1.07. The molecule has 1 aliphatic rings. The Morgan fingerprint density at radius 3 is 2.27 bits per heavy atom. The molecule has 1 fully saturated rings. The quantitative estimate of drug-likeness (QED) is 0.696. The molecule has 1 atom stereocenters. The molecule has 1 unspecified atom stereocenters. The van der Waals surface area contributed by atoms with Crippen molar-refractivity contribution in [2.24, 2.45) is 0 Å². The smallest absolute Gasteiger partial charge is 0.351 e. The molecule has 0 N–H and O–H groups in total. The standard InChI is InChI=1S/C20H20O4S2/c1-23-19(22)17(14-6-3-2-4-7-14)24-18(21)15-8-10-16(11-9-15)20-25-12-5-13-26-20/h2-4,6-11,17,20H,5,12-13H2,1H3. The second kappa shape index (κ2) is 9.14. The minimum absolute atomic E-state index is 0.418. The number of methoxy groups -OCH3 is 1. The van der Waals surface area contributed by atoms with Crippen molar-refractivity contribution >= 4 is 35.5 Å². The van der Waals surface area contributed by atoms with Gasteiger partial charge in [0.05, 0.1) is 17.3 Å². The fraction of sp³-hybridized carbons (Fsp3) is 0.300. The highest BCUT2D eigenvalue weighted by molar-refractivity contribution is 8.16. The summed E-state index contributed by atoms with van der Waals surface area (Å²) in [7, 11) is 1.28. The van der Waals surface area contributed by atoms with Crippen LogP contribution in [0.1, 0.15) is 38.6 Å². The van der Waals surface area contributed by atoms with Gasteiger partial charge >= 0.3 is 11.9 Å². The van der Waals surface area contributed by atoms with Gasteiger partial charge < -0.3 is 9.47 Å². The monoisotopic (exact) mass is 388 g/mol. The van der Waals surface area contributed by atoms with Crippen molar-refractivity contribution < 1.29 is 19.1 Å². The zero-order valence-electron chi connectivity index (χ0n) is 14.4. The molecule has 136 valence electrons. The molecule has 6 heteroatoms. The van der Waals surface area contributed by atoms with Gasteiger partial charge in [-0.15, -0.1) is 23.5 Å². The zero-order chi connectivity index (χ0) is 18.4. The maximum absolute atomic E-state index is 12.5. The third kappa shape index (κ3) is 4.62. The van der Waals surface area contributed by atoms with Crippen molar-refractivity contribution in [2.45, 2.75) is 17.1 Å². The molecule has 1 aliphatic heterocycles. The molecular formula is C20H20O4S2. The van der Waals surface area contributed by atoms with Gasteiger partial charge in [0.15, 0.2) is 0 Å². The van der Waals surface area contributed by atoms with Crippen molar-refractivity contribution in [2.75, 3.05) is 18.6 Å². The van der Waals surface area contributed by atoms with Crippen LogP contribution < -0.4 is 0 Å². The summed E-state index contributed by atoms with van der Waals surface area (Å²) in [5.74, 6) is 1.19. The Morgan fingerprint density at radius 2 is 1.65 bits per heavy atom. The molecule has 1 saturated heterocycles. The van der Waals surface area contributed by atoms with E-state index in [0.717, 1.165) is 0 Å². The summed E-state index contributed by atoms with van der Waals surface area (Å²) in [4.78, 5) is 24.5. The second-order valence-corrected chi connectivity index (χ2v) is 8.49. The Balaban J connectivity index is 1.72. The molecular weight excluding hydrogens is 368 g/mol. The van der Waals surface area contributed by atoms with Gasteiger partial charge in [0.2, 0.25) is 6.10 Å². The summed E-state index contributed by atoms with van der Waals surface area (Å²) in [6.07, 6.45) is 0.169. The molecule has 0 spiro atoms. The predicted octanol–water partition coefficient (Wildman–Crippen LogP) is 4.63. The van der Waals surface area contributed by atoms with E-state index in [0.29, 0.717) is 15.7 Å². The first-order valence-corrected chi connectivity index (χ1v) is 10.5. The van der Waals surface area contributed by atoms with E-state index in [-0.39, 0.29) is 0 Å². The Bertz CT molecular complexity index is 740. The highest BCUT2D eigenvalue weighted by Gasteiger charge is 2.26. The van der Waals surface area contributed by atoms with Gasteiger partial charge in [-0.05, 0) is 35.6 Å². The lowest BCUT2D eigenvalue weighted by Crippen LogP contribution is -2.21. The highest BCUT2D eigenvalue weighted by Crippen LogP contribution is 2.43. The summed E-state index contributed by atoms with van der Waals surface area (Å²) in [5, 5.41) is 0. The number of benzene rings is 2. The number of thioether (sulfide) groups is 2. The van der Waals surface area contributed by atoms with Crippen LogP contribution in [0.3, 0.4) is 0 Å². The van der Waals surface area contributed by atoms with Crippen molar-refractivity contribution in [3.8, 4) is 0 Å². The van der Waals surface area contributed by atoms with Crippen LogP contribution in [0.2, 0.25) is 0 Å². The van der Waals surface area contributed by atoms with E-state index in [1.165, 1.54) is 30.6 Å². The number of hydrogen-bond donors (Lipinski definition) is 0. The lowest BCUT2D eigenvalue weighted by atomic mass is 10.1. The van der Waals surface area contributed by atoms with Crippen molar-refractivity contribution in [3.05, 3.63) is 71.3 Å². The Labute approximate surface area is 161 Å². The third-order valence-corrected chi connectivity index (χ3v) is 7.00. The lowest BCUT2D eigenvalue weighted by molar-refractivity contribution is -0.151. The van der Waals surface area contributed by atoms with Gasteiger partial charge in [0, 0.05) is 5.56 Å². The summed E-state index contributed by atoms with van der Waals surface area (Å²) in [6, 6.07) is 16.3. The normalized spacial score (nSPS) is 15.9. The number of esters is 2. The first-order chi connectivity index (χ1) is 12.7. The van der Waals surface area contributed by atoms with Crippen LogP contribution in [0.15, 0.2) is 54.6 Å². The van der Waals surface area contributed by atoms with E-state index in [2.05, 4.69) is 0 Å². The topological polar surface area (TPSA) is 52.6 Å². The molecule has 0 aromatic heterocycles. The fourth-order valence-corrected chi connectivity index (χ4v) is 5.51.